The zero-order chi connectivity index (χ0) is 31.4. The molecule has 2 aromatic heterocycles. The van der Waals surface area contributed by atoms with E-state index in [4.69, 9.17) is 20.3 Å². The van der Waals surface area contributed by atoms with Gasteiger partial charge in [-0.15, -0.1) is 0 Å². The van der Waals surface area contributed by atoms with Gasteiger partial charge in [0.1, 0.15) is 30.2 Å². The summed E-state index contributed by atoms with van der Waals surface area (Å²) in [6.07, 6.45) is 1.74. The van der Waals surface area contributed by atoms with Gasteiger partial charge in [-0.3, -0.25) is 9.69 Å². The van der Waals surface area contributed by atoms with Gasteiger partial charge in [-0.1, -0.05) is 45.0 Å². The minimum Gasteiger partial charge on any atom is -0.492 e. The monoisotopic (exact) mass is 605 g/mol. The number of nitrogen functional groups attached to an aromatic ring is 1. The minimum absolute atomic E-state index is 0.0732. The van der Waals surface area contributed by atoms with Gasteiger partial charge in [-0.25, -0.2) is 14.6 Å². The van der Waals surface area contributed by atoms with Crippen LogP contribution in [0.15, 0.2) is 79.1 Å². The molecule has 0 atom stereocenters. The minimum atomic E-state index is -0.0767. The third kappa shape index (κ3) is 7.13. The number of aromatic nitrogens is 4. The largest absolute Gasteiger partial charge is 0.492 e. The molecule has 6 rings (SSSR count). The lowest BCUT2D eigenvalue weighted by Gasteiger charge is -2.26. The second-order valence-corrected chi connectivity index (χ2v) is 12.3. The zero-order valence-corrected chi connectivity index (χ0v) is 26.0. The van der Waals surface area contributed by atoms with Crippen LogP contribution in [-0.4, -0.2) is 70.0 Å². The van der Waals surface area contributed by atoms with Crippen molar-refractivity contribution in [3.05, 3.63) is 90.3 Å². The molecule has 10 nitrogen and oxygen atoms in total. The van der Waals surface area contributed by atoms with Crippen molar-refractivity contribution >= 4 is 28.4 Å². The number of carbonyl (C=O) groups is 1. The number of nitrogens with one attached hydrogen (secondary N) is 1. The highest BCUT2D eigenvalue weighted by molar-refractivity contribution is 5.99. The topological polar surface area (TPSA) is 120 Å². The second-order valence-electron chi connectivity index (χ2n) is 12.3. The fourth-order valence-electron chi connectivity index (χ4n) is 5.38. The lowest BCUT2D eigenvalue weighted by Crippen LogP contribution is -2.38. The fraction of sp³-hybridized carbons (Fsp3) is 0.314. The Labute approximate surface area is 263 Å². The molecule has 0 aliphatic carbocycles. The number of morpholine rings is 1. The summed E-state index contributed by atoms with van der Waals surface area (Å²) in [7, 11) is 0. The average molecular weight is 606 g/mol. The van der Waals surface area contributed by atoms with Crippen molar-refractivity contribution in [3.63, 3.8) is 0 Å². The van der Waals surface area contributed by atoms with Gasteiger partial charge in [0.25, 0.3) is 0 Å². The van der Waals surface area contributed by atoms with Crippen LogP contribution >= 0.6 is 0 Å². The summed E-state index contributed by atoms with van der Waals surface area (Å²) in [5.41, 5.74) is 12.2. The maximum absolute atomic E-state index is 12.8. The Morgan fingerprint density at radius 3 is 2.36 bits per heavy atom. The number of benzene rings is 3. The molecule has 1 saturated heterocycles. The zero-order valence-electron chi connectivity index (χ0n) is 26.0. The number of carbonyl (C=O) groups excluding carboxylic acids is 1. The predicted molar refractivity (Wildman–Crippen MR) is 177 cm³/mol. The number of anilines is 2. The highest BCUT2D eigenvalue weighted by Gasteiger charge is 2.19. The van der Waals surface area contributed by atoms with Crippen LogP contribution in [0.4, 0.5) is 11.5 Å². The second kappa shape index (κ2) is 13.1. The molecule has 3 heterocycles. The van der Waals surface area contributed by atoms with Crippen molar-refractivity contribution in [2.45, 2.75) is 32.6 Å². The van der Waals surface area contributed by atoms with Gasteiger partial charge in [-0.2, -0.15) is 5.10 Å². The van der Waals surface area contributed by atoms with E-state index >= 15 is 0 Å². The normalized spacial score (nSPS) is 14.0. The Morgan fingerprint density at radius 1 is 0.956 bits per heavy atom. The first-order valence-corrected chi connectivity index (χ1v) is 15.3. The molecule has 1 aliphatic rings. The highest BCUT2D eigenvalue weighted by Crippen LogP contribution is 2.33. The van der Waals surface area contributed by atoms with E-state index in [9.17, 15) is 4.79 Å². The van der Waals surface area contributed by atoms with Crippen molar-refractivity contribution < 1.29 is 14.3 Å². The number of rotatable bonds is 9. The molecule has 0 unspecified atom stereocenters. The van der Waals surface area contributed by atoms with E-state index in [1.54, 1.807) is 4.68 Å². The van der Waals surface area contributed by atoms with Gasteiger partial charge >= 0.3 is 0 Å². The van der Waals surface area contributed by atoms with E-state index < -0.39 is 0 Å². The number of amides is 1. The number of fused-ring (bicyclic) bond motifs is 1. The van der Waals surface area contributed by atoms with Gasteiger partial charge in [0.15, 0.2) is 5.65 Å². The van der Waals surface area contributed by atoms with Crippen molar-refractivity contribution in [1.82, 2.24) is 24.6 Å². The first-order chi connectivity index (χ1) is 21.7. The van der Waals surface area contributed by atoms with Gasteiger partial charge in [0, 0.05) is 30.9 Å². The van der Waals surface area contributed by atoms with Crippen LogP contribution in [0.2, 0.25) is 0 Å². The van der Waals surface area contributed by atoms with Crippen molar-refractivity contribution in [2.24, 2.45) is 0 Å². The van der Waals surface area contributed by atoms with Crippen LogP contribution < -0.4 is 15.8 Å². The van der Waals surface area contributed by atoms with Crippen molar-refractivity contribution in [1.29, 1.82) is 0 Å². The van der Waals surface area contributed by atoms with Crippen molar-refractivity contribution in [3.8, 4) is 22.7 Å². The summed E-state index contributed by atoms with van der Waals surface area (Å²) >= 11 is 0. The van der Waals surface area contributed by atoms with Crippen LogP contribution in [0, 0.1) is 0 Å². The molecule has 0 bridgehead atoms. The Hall–Kier alpha value is -4.80. The fourth-order valence-corrected chi connectivity index (χ4v) is 5.38. The van der Waals surface area contributed by atoms with Crippen LogP contribution in [0.1, 0.15) is 31.9 Å². The molecule has 232 valence electrons. The van der Waals surface area contributed by atoms with E-state index in [-0.39, 0.29) is 11.3 Å². The van der Waals surface area contributed by atoms with E-state index in [2.05, 4.69) is 53.1 Å². The summed E-state index contributed by atoms with van der Waals surface area (Å²) < 4.78 is 13.1. The molecule has 3 aromatic carbocycles. The molecule has 0 spiro atoms. The Kier molecular flexibility index (Phi) is 8.77. The van der Waals surface area contributed by atoms with Crippen LogP contribution in [0.25, 0.3) is 28.0 Å². The Bertz CT molecular complexity index is 1750. The molecule has 0 saturated carbocycles. The van der Waals surface area contributed by atoms with E-state index in [1.807, 2.05) is 60.7 Å². The molecular weight excluding hydrogens is 566 g/mol. The first-order valence-electron chi connectivity index (χ1n) is 15.3. The quantitative estimate of drug-likeness (QED) is 0.234. The first kappa shape index (κ1) is 30.2. The lowest BCUT2D eigenvalue weighted by atomic mass is 9.86. The average Bonchev–Trinajstić information content (AvgIpc) is 3.43. The highest BCUT2D eigenvalue weighted by atomic mass is 16.5. The van der Waals surface area contributed by atoms with Crippen molar-refractivity contribution in [2.75, 3.05) is 50.5 Å². The summed E-state index contributed by atoms with van der Waals surface area (Å²) in [4.78, 5) is 23.8. The summed E-state index contributed by atoms with van der Waals surface area (Å²) in [6, 6.07) is 23.5. The SMILES string of the molecule is CC(C)(C)c1ccc(CC(=O)Nc2ccc(-n3nc(-c4ccc(OCCN5CCOCC5)cc4)c4c(N)ncnc43)cc2)cc1. The number of hydrogen-bond donors (Lipinski definition) is 2. The molecular formula is C35H39N7O3. The van der Waals surface area contributed by atoms with E-state index in [0.29, 0.717) is 41.3 Å². The molecule has 1 fully saturated rings. The van der Waals surface area contributed by atoms with Gasteiger partial charge in [0.05, 0.1) is 30.7 Å². The Balaban J connectivity index is 1.15. The van der Waals surface area contributed by atoms with E-state index in [1.165, 1.54) is 11.9 Å². The lowest BCUT2D eigenvalue weighted by molar-refractivity contribution is -0.115. The third-order valence-electron chi connectivity index (χ3n) is 7.98. The maximum Gasteiger partial charge on any atom is 0.228 e. The number of nitrogens with two attached hydrogens (primary N) is 1. The smallest absolute Gasteiger partial charge is 0.228 e. The standard InChI is InChI=1S/C35H39N7O3/c1-35(2,3)26-8-4-24(5-9-26)22-30(43)39-27-10-12-28(13-11-27)42-34-31(33(36)37-23-38-34)32(40-42)25-6-14-29(15-7-25)45-21-18-41-16-19-44-20-17-41/h4-15,23H,16-22H2,1-3H3,(H,39,43)(H2,36,37,38). The van der Waals surface area contributed by atoms with Crippen LogP contribution in [0.5, 0.6) is 5.75 Å². The molecule has 10 heteroatoms. The maximum atomic E-state index is 12.8. The Morgan fingerprint density at radius 2 is 1.67 bits per heavy atom. The molecule has 0 radical (unpaired) electrons. The molecule has 3 N–H and O–H groups in total. The molecule has 5 aromatic rings. The molecule has 1 aliphatic heterocycles. The van der Waals surface area contributed by atoms with Crippen LogP contribution in [-0.2, 0) is 21.4 Å². The predicted octanol–water partition coefficient (Wildman–Crippen LogP) is 5.25. The summed E-state index contributed by atoms with van der Waals surface area (Å²) in [5.74, 6) is 1.07. The molecule has 1 amide bonds. The van der Waals surface area contributed by atoms with Crippen LogP contribution in [0.3, 0.4) is 0 Å². The third-order valence-corrected chi connectivity index (χ3v) is 7.98. The van der Waals surface area contributed by atoms with Gasteiger partial charge in [0.2, 0.25) is 5.91 Å². The number of nitrogens with zero attached hydrogens (tertiary/aromatic N) is 5. The summed E-state index contributed by atoms with van der Waals surface area (Å²) in [6.45, 7) is 11.4. The van der Waals surface area contributed by atoms with Gasteiger partial charge < -0.3 is 20.5 Å². The van der Waals surface area contributed by atoms with E-state index in [0.717, 1.165) is 55.4 Å². The number of ether oxygens (including phenoxy) is 2. The van der Waals surface area contributed by atoms with Gasteiger partial charge in [-0.05, 0) is 65.1 Å². The summed E-state index contributed by atoms with van der Waals surface area (Å²) in [5, 5.41) is 8.57. The molecule has 45 heavy (non-hydrogen) atoms. The number of hydrogen-bond acceptors (Lipinski definition) is 8.